The number of ether oxygens (including phenoxy) is 1. The summed E-state index contributed by atoms with van der Waals surface area (Å²) in [5.41, 5.74) is 0. The molecule has 0 aliphatic rings. The Morgan fingerprint density at radius 1 is 1.54 bits per heavy atom. The number of nitrogens with one attached hydrogen (secondary N) is 1. The van der Waals surface area contributed by atoms with Gasteiger partial charge in [-0.05, 0) is 13.0 Å². The van der Waals surface area contributed by atoms with Crippen molar-refractivity contribution in [1.29, 1.82) is 0 Å². The molecule has 2 N–H and O–H groups in total. The molecule has 0 heterocycles. The van der Waals surface area contributed by atoms with Crippen molar-refractivity contribution >= 4 is 11.9 Å². The summed E-state index contributed by atoms with van der Waals surface area (Å²) in [5.74, 6) is -1.55. The smallest absolute Gasteiger partial charge is 0.323 e. The van der Waals surface area contributed by atoms with E-state index in [2.05, 4.69) is 10.1 Å². The summed E-state index contributed by atoms with van der Waals surface area (Å²) in [4.78, 5) is 21.4. The number of carboxylic acid groups (broad SMARTS) is 1. The molecular formula is C8H15NO4. The molecule has 0 bridgehead atoms. The van der Waals surface area contributed by atoms with Gasteiger partial charge in [0.25, 0.3) is 0 Å². The van der Waals surface area contributed by atoms with Gasteiger partial charge in [-0.3, -0.25) is 9.59 Å². The second-order valence-electron chi connectivity index (χ2n) is 2.63. The summed E-state index contributed by atoms with van der Waals surface area (Å²) in [6, 6.07) is -0.734. The van der Waals surface area contributed by atoms with Crippen molar-refractivity contribution in [3.05, 3.63) is 0 Å². The van der Waals surface area contributed by atoms with Crippen LogP contribution in [0.15, 0.2) is 0 Å². The zero-order chi connectivity index (χ0) is 10.3. The molecule has 76 valence electrons. The summed E-state index contributed by atoms with van der Waals surface area (Å²) in [6.07, 6.45) is 0.597. The highest BCUT2D eigenvalue weighted by molar-refractivity contribution is 5.81. The van der Waals surface area contributed by atoms with Crippen molar-refractivity contribution < 1.29 is 19.4 Å². The third kappa shape index (κ3) is 5.19. The fraction of sp³-hybridized carbons (Fsp3) is 0.750. The van der Waals surface area contributed by atoms with Gasteiger partial charge in [-0.2, -0.15) is 0 Å². The van der Waals surface area contributed by atoms with E-state index in [1.807, 2.05) is 6.92 Å². The van der Waals surface area contributed by atoms with E-state index in [1.54, 1.807) is 0 Å². The highest BCUT2D eigenvalue weighted by Gasteiger charge is 2.20. The number of carboxylic acids is 1. The minimum atomic E-state index is -1.01. The maximum atomic E-state index is 11.0. The van der Waals surface area contributed by atoms with E-state index in [4.69, 9.17) is 5.11 Å². The predicted octanol–water partition coefficient (Wildman–Crippen LogP) is 0.00230. The summed E-state index contributed by atoms with van der Waals surface area (Å²) < 4.78 is 4.45. The highest BCUT2D eigenvalue weighted by atomic mass is 16.5. The first kappa shape index (κ1) is 11.9. The van der Waals surface area contributed by atoms with Crippen LogP contribution in [0.3, 0.4) is 0 Å². The Balaban J connectivity index is 4.02. The monoisotopic (exact) mass is 189 g/mol. The Morgan fingerprint density at radius 3 is 2.54 bits per heavy atom. The number of esters is 1. The molecular weight excluding hydrogens is 174 g/mol. The number of hydrogen-bond donors (Lipinski definition) is 2. The minimum absolute atomic E-state index is 0.243. The molecule has 0 aromatic heterocycles. The Labute approximate surface area is 77.1 Å². The number of methoxy groups -OCH3 is 1. The molecule has 0 fully saturated rings. The molecule has 1 unspecified atom stereocenters. The van der Waals surface area contributed by atoms with Crippen LogP contribution in [0, 0.1) is 0 Å². The van der Waals surface area contributed by atoms with Crippen LogP contribution < -0.4 is 5.32 Å². The van der Waals surface area contributed by atoms with Crippen LogP contribution in [-0.4, -0.2) is 36.7 Å². The number of aliphatic carboxylic acids is 1. The third-order valence-corrected chi connectivity index (χ3v) is 1.51. The molecule has 0 radical (unpaired) electrons. The third-order valence-electron chi connectivity index (χ3n) is 1.51. The van der Waals surface area contributed by atoms with Gasteiger partial charge in [0.1, 0.15) is 6.04 Å². The topological polar surface area (TPSA) is 75.6 Å². The van der Waals surface area contributed by atoms with Crippen LogP contribution in [-0.2, 0) is 14.3 Å². The lowest BCUT2D eigenvalue weighted by atomic mass is 10.2. The average molecular weight is 189 g/mol. The largest absolute Gasteiger partial charge is 0.481 e. The second-order valence-corrected chi connectivity index (χ2v) is 2.63. The Hall–Kier alpha value is -1.10. The summed E-state index contributed by atoms with van der Waals surface area (Å²) in [7, 11) is 1.24. The zero-order valence-electron chi connectivity index (χ0n) is 7.87. The van der Waals surface area contributed by atoms with E-state index in [-0.39, 0.29) is 6.42 Å². The lowest BCUT2D eigenvalue weighted by Gasteiger charge is -2.13. The predicted molar refractivity (Wildman–Crippen MR) is 46.4 cm³/mol. The first-order valence-electron chi connectivity index (χ1n) is 4.14. The average Bonchev–Trinajstić information content (AvgIpc) is 2.10. The first-order chi connectivity index (χ1) is 6.11. The van der Waals surface area contributed by atoms with Gasteiger partial charge in [-0.15, -0.1) is 0 Å². The van der Waals surface area contributed by atoms with Crippen molar-refractivity contribution in [3.8, 4) is 0 Å². The van der Waals surface area contributed by atoms with Crippen LogP contribution in [0.1, 0.15) is 19.8 Å². The summed E-state index contributed by atoms with van der Waals surface area (Å²) in [6.45, 7) is 2.54. The van der Waals surface area contributed by atoms with E-state index in [0.29, 0.717) is 6.54 Å². The standard InChI is InChI=1S/C8H15NO4/c1-3-4-9-6(5-7(10)11)8(12)13-2/h6,9H,3-5H2,1-2H3,(H,10,11). The molecule has 0 aliphatic heterocycles. The van der Waals surface area contributed by atoms with Gasteiger partial charge >= 0.3 is 11.9 Å². The molecule has 0 saturated heterocycles. The fourth-order valence-corrected chi connectivity index (χ4v) is 0.874. The Morgan fingerprint density at radius 2 is 2.15 bits per heavy atom. The fourth-order valence-electron chi connectivity index (χ4n) is 0.874. The maximum Gasteiger partial charge on any atom is 0.323 e. The van der Waals surface area contributed by atoms with Gasteiger partial charge < -0.3 is 15.2 Å². The van der Waals surface area contributed by atoms with Crippen LogP contribution in [0.25, 0.3) is 0 Å². The summed E-state index contributed by atoms with van der Waals surface area (Å²) in [5, 5.41) is 11.3. The quantitative estimate of drug-likeness (QED) is 0.575. The van der Waals surface area contributed by atoms with Gasteiger partial charge in [0.15, 0.2) is 0 Å². The SMILES string of the molecule is CCCNC(CC(=O)O)C(=O)OC. The van der Waals surface area contributed by atoms with Crippen molar-refractivity contribution in [2.75, 3.05) is 13.7 Å². The van der Waals surface area contributed by atoms with Crippen LogP contribution in [0.2, 0.25) is 0 Å². The maximum absolute atomic E-state index is 11.0. The van der Waals surface area contributed by atoms with Gasteiger partial charge in [0.2, 0.25) is 0 Å². The van der Waals surface area contributed by atoms with Crippen molar-refractivity contribution in [1.82, 2.24) is 5.32 Å². The zero-order valence-corrected chi connectivity index (χ0v) is 7.87. The molecule has 0 spiro atoms. The van der Waals surface area contributed by atoms with Gasteiger partial charge in [0, 0.05) is 0 Å². The molecule has 5 nitrogen and oxygen atoms in total. The van der Waals surface area contributed by atoms with E-state index >= 15 is 0 Å². The lowest BCUT2D eigenvalue weighted by Crippen LogP contribution is -2.39. The molecule has 0 aromatic carbocycles. The molecule has 5 heteroatoms. The van der Waals surface area contributed by atoms with E-state index in [9.17, 15) is 9.59 Å². The second kappa shape index (κ2) is 6.42. The number of hydrogen-bond acceptors (Lipinski definition) is 4. The van der Waals surface area contributed by atoms with E-state index in [0.717, 1.165) is 6.42 Å². The number of carbonyl (C=O) groups is 2. The van der Waals surface area contributed by atoms with Crippen LogP contribution in [0.5, 0.6) is 0 Å². The molecule has 0 amide bonds. The lowest BCUT2D eigenvalue weighted by molar-refractivity contribution is -0.148. The van der Waals surface area contributed by atoms with Crippen LogP contribution in [0.4, 0.5) is 0 Å². The van der Waals surface area contributed by atoms with Crippen LogP contribution >= 0.6 is 0 Å². The Bertz CT molecular complexity index is 181. The Kier molecular flexibility index (Phi) is 5.88. The molecule has 0 rings (SSSR count). The van der Waals surface area contributed by atoms with E-state index < -0.39 is 18.0 Å². The first-order valence-corrected chi connectivity index (χ1v) is 4.14. The highest BCUT2D eigenvalue weighted by Crippen LogP contribution is 1.95. The number of carbonyl (C=O) groups excluding carboxylic acids is 1. The van der Waals surface area contributed by atoms with Crippen molar-refractivity contribution in [2.24, 2.45) is 0 Å². The van der Waals surface area contributed by atoms with Gasteiger partial charge in [-0.25, -0.2) is 0 Å². The van der Waals surface area contributed by atoms with Crippen molar-refractivity contribution in [3.63, 3.8) is 0 Å². The van der Waals surface area contributed by atoms with Gasteiger partial charge in [-0.1, -0.05) is 6.92 Å². The molecule has 13 heavy (non-hydrogen) atoms. The molecule has 0 saturated carbocycles. The normalized spacial score (nSPS) is 12.2. The molecule has 1 atom stereocenters. The summed E-state index contributed by atoms with van der Waals surface area (Å²) >= 11 is 0. The minimum Gasteiger partial charge on any atom is -0.481 e. The van der Waals surface area contributed by atoms with Crippen molar-refractivity contribution in [2.45, 2.75) is 25.8 Å². The number of rotatable bonds is 6. The molecule has 0 aliphatic carbocycles. The molecule has 0 aromatic rings. The van der Waals surface area contributed by atoms with E-state index in [1.165, 1.54) is 7.11 Å². The van der Waals surface area contributed by atoms with Gasteiger partial charge in [0.05, 0.1) is 13.5 Å².